The predicted molar refractivity (Wildman–Crippen MR) is 90.7 cm³/mol. The molecule has 1 atom stereocenters. The summed E-state index contributed by atoms with van der Waals surface area (Å²) >= 11 is 3.96. The van der Waals surface area contributed by atoms with Crippen molar-refractivity contribution in [2.75, 3.05) is 0 Å². The van der Waals surface area contributed by atoms with Gasteiger partial charge in [0.2, 0.25) is 0 Å². The molecule has 1 aromatic carbocycles. The van der Waals surface area contributed by atoms with Gasteiger partial charge >= 0.3 is 0 Å². The third-order valence-corrected chi connectivity index (χ3v) is 7.04. The van der Waals surface area contributed by atoms with E-state index in [9.17, 15) is 0 Å². The maximum absolute atomic E-state index is 3.96. The Kier molecular flexibility index (Phi) is 3.56. The Hall–Kier alpha value is -0.300. The minimum absolute atomic E-state index is 0.327. The maximum atomic E-state index is 3.96. The third kappa shape index (κ3) is 2.36. The van der Waals surface area contributed by atoms with Gasteiger partial charge in [-0.2, -0.15) is 0 Å². The van der Waals surface area contributed by atoms with E-state index < -0.39 is 0 Å². The summed E-state index contributed by atoms with van der Waals surface area (Å²) in [6, 6.07) is 7.30. The lowest BCUT2D eigenvalue weighted by atomic mass is 9.62. The number of rotatable bonds is 2. The minimum atomic E-state index is 0.327. The van der Waals surface area contributed by atoms with Crippen LogP contribution in [0.25, 0.3) is 0 Å². The first-order chi connectivity index (χ1) is 9.31. The zero-order valence-electron chi connectivity index (χ0n) is 13.3. The molecule has 1 heteroatoms. The van der Waals surface area contributed by atoms with Gasteiger partial charge in [-0.05, 0) is 59.1 Å². The van der Waals surface area contributed by atoms with Gasteiger partial charge < -0.3 is 0 Å². The van der Waals surface area contributed by atoms with E-state index in [1.54, 1.807) is 11.1 Å². The van der Waals surface area contributed by atoms with Gasteiger partial charge in [0.1, 0.15) is 0 Å². The zero-order valence-corrected chi connectivity index (χ0v) is 14.9. The van der Waals surface area contributed by atoms with Gasteiger partial charge in [-0.1, -0.05) is 68.2 Å². The second-order valence-electron chi connectivity index (χ2n) is 8.17. The van der Waals surface area contributed by atoms with Crippen LogP contribution < -0.4 is 0 Å². The van der Waals surface area contributed by atoms with Crippen LogP contribution in [0.4, 0.5) is 0 Å². The van der Waals surface area contributed by atoms with Crippen molar-refractivity contribution in [1.29, 1.82) is 0 Å². The molecule has 0 heterocycles. The highest BCUT2D eigenvalue weighted by molar-refractivity contribution is 9.09. The summed E-state index contributed by atoms with van der Waals surface area (Å²) < 4.78 is 0. The van der Waals surface area contributed by atoms with E-state index in [-0.39, 0.29) is 0 Å². The van der Waals surface area contributed by atoms with Crippen LogP contribution in [0.1, 0.15) is 81.3 Å². The molecule has 1 saturated carbocycles. The van der Waals surface area contributed by atoms with Gasteiger partial charge in [-0.3, -0.25) is 0 Å². The second kappa shape index (κ2) is 4.87. The van der Waals surface area contributed by atoms with Crippen LogP contribution in [-0.2, 0) is 10.8 Å². The van der Waals surface area contributed by atoms with Crippen molar-refractivity contribution in [3.05, 3.63) is 34.9 Å². The molecule has 0 bridgehead atoms. The summed E-state index contributed by atoms with van der Waals surface area (Å²) in [6.45, 7) is 9.63. The number of hydrogen-bond donors (Lipinski definition) is 0. The van der Waals surface area contributed by atoms with Crippen molar-refractivity contribution in [2.24, 2.45) is 5.92 Å². The van der Waals surface area contributed by atoms with Crippen molar-refractivity contribution < 1.29 is 0 Å². The smallest absolute Gasteiger partial charge is 0.0423 e. The first-order valence-electron chi connectivity index (χ1n) is 8.10. The third-order valence-electron chi connectivity index (χ3n) is 5.76. The number of alkyl halides is 1. The monoisotopic (exact) mass is 334 g/mol. The van der Waals surface area contributed by atoms with Crippen LogP contribution in [0, 0.1) is 5.92 Å². The molecular formula is C19H27Br. The molecule has 0 amide bonds. The van der Waals surface area contributed by atoms with Crippen molar-refractivity contribution in [2.45, 2.75) is 75.5 Å². The van der Waals surface area contributed by atoms with Crippen LogP contribution in [0.5, 0.6) is 0 Å². The summed E-state index contributed by atoms with van der Waals surface area (Å²) in [4.78, 5) is 0.558. The van der Waals surface area contributed by atoms with Crippen LogP contribution >= 0.6 is 15.9 Å². The molecule has 3 rings (SSSR count). The van der Waals surface area contributed by atoms with E-state index in [1.165, 1.54) is 37.7 Å². The largest absolute Gasteiger partial charge is 0.0836 e. The Morgan fingerprint density at radius 1 is 1.00 bits per heavy atom. The minimum Gasteiger partial charge on any atom is -0.0836 e. The van der Waals surface area contributed by atoms with Crippen molar-refractivity contribution in [1.82, 2.24) is 0 Å². The van der Waals surface area contributed by atoms with Gasteiger partial charge in [0.25, 0.3) is 0 Å². The van der Waals surface area contributed by atoms with E-state index in [2.05, 4.69) is 61.8 Å². The second-order valence-corrected chi connectivity index (χ2v) is 9.15. The fourth-order valence-corrected chi connectivity index (χ4v) is 4.60. The number of halogens is 1. The van der Waals surface area contributed by atoms with Crippen molar-refractivity contribution >= 4 is 15.9 Å². The van der Waals surface area contributed by atoms with Gasteiger partial charge in [-0.25, -0.2) is 0 Å². The van der Waals surface area contributed by atoms with E-state index in [0.717, 1.165) is 5.92 Å². The summed E-state index contributed by atoms with van der Waals surface area (Å²) in [5, 5.41) is 0. The fraction of sp³-hybridized carbons (Fsp3) is 0.684. The summed E-state index contributed by atoms with van der Waals surface area (Å²) in [7, 11) is 0. The topological polar surface area (TPSA) is 0 Å². The quantitative estimate of drug-likeness (QED) is 0.559. The van der Waals surface area contributed by atoms with Crippen LogP contribution in [-0.4, -0.2) is 0 Å². The van der Waals surface area contributed by atoms with Crippen LogP contribution in [0.3, 0.4) is 0 Å². The molecule has 1 fully saturated rings. The molecule has 20 heavy (non-hydrogen) atoms. The Bertz CT molecular complexity index is 508. The average molecular weight is 335 g/mol. The Morgan fingerprint density at radius 3 is 2.15 bits per heavy atom. The molecule has 1 unspecified atom stereocenters. The highest BCUT2D eigenvalue weighted by Crippen LogP contribution is 2.49. The lowest BCUT2D eigenvalue weighted by Crippen LogP contribution is -2.34. The number of fused-ring (bicyclic) bond motifs is 1. The standard InChI is InChI=1S/C19H27Br/c1-18(2)10-11-19(3,4)16-12-14(8-9-15(16)18)17(20)13-6-5-7-13/h8-9,12-13,17H,5-7,10-11H2,1-4H3. The van der Waals surface area contributed by atoms with E-state index in [1.807, 2.05) is 0 Å². The molecule has 0 nitrogen and oxygen atoms in total. The normalized spacial score (nSPS) is 25.6. The van der Waals surface area contributed by atoms with Gasteiger partial charge in [0.15, 0.2) is 0 Å². The highest BCUT2D eigenvalue weighted by atomic mass is 79.9. The fourth-order valence-electron chi connectivity index (χ4n) is 3.78. The maximum Gasteiger partial charge on any atom is 0.0423 e. The van der Waals surface area contributed by atoms with Crippen LogP contribution in [0.15, 0.2) is 18.2 Å². The van der Waals surface area contributed by atoms with Gasteiger partial charge in [0, 0.05) is 4.83 Å². The molecule has 0 radical (unpaired) electrons. The molecule has 0 saturated heterocycles. The van der Waals surface area contributed by atoms with Gasteiger partial charge in [-0.15, -0.1) is 0 Å². The molecular weight excluding hydrogens is 308 g/mol. The first kappa shape index (κ1) is 14.6. The van der Waals surface area contributed by atoms with E-state index in [4.69, 9.17) is 0 Å². The Balaban J connectivity index is 2.01. The molecule has 2 aliphatic rings. The highest BCUT2D eigenvalue weighted by Gasteiger charge is 2.37. The first-order valence-corrected chi connectivity index (χ1v) is 9.02. The Labute approximate surface area is 132 Å². The molecule has 0 aromatic heterocycles. The van der Waals surface area contributed by atoms with Crippen molar-refractivity contribution in [3.8, 4) is 0 Å². The van der Waals surface area contributed by atoms with E-state index >= 15 is 0 Å². The summed E-state index contributed by atoms with van der Waals surface area (Å²) in [5.41, 5.74) is 5.33. The lowest BCUT2D eigenvalue weighted by molar-refractivity contribution is 0.310. The molecule has 110 valence electrons. The average Bonchev–Trinajstić information content (AvgIpc) is 2.32. The number of hydrogen-bond acceptors (Lipinski definition) is 0. The predicted octanol–water partition coefficient (Wildman–Crippen LogP) is 6.27. The number of benzene rings is 1. The van der Waals surface area contributed by atoms with E-state index in [0.29, 0.717) is 15.7 Å². The molecule has 0 N–H and O–H groups in total. The molecule has 0 aliphatic heterocycles. The van der Waals surface area contributed by atoms with Crippen LogP contribution in [0.2, 0.25) is 0 Å². The van der Waals surface area contributed by atoms with Gasteiger partial charge in [0.05, 0.1) is 0 Å². The zero-order chi connectivity index (χ0) is 14.5. The summed E-state index contributed by atoms with van der Waals surface area (Å²) in [6.07, 6.45) is 6.79. The Morgan fingerprint density at radius 2 is 1.60 bits per heavy atom. The molecule has 2 aliphatic carbocycles. The summed E-state index contributed by atoms with van der Waals surface area (Å²) in [5.74, 6) is 0.854. The SMILES string of the molecule is CC1(C)CCC(C)(C)c2cc(C(Br)C3CCC3)ccc21. The van der Waals surface area contributed by atoms with Crippen molar-refractivity contribution in [3.63, 3.8) is 0 Å². The lowest BCUT2D eigenvalue weighted by Gasteiger charge is -2.42. The molecule has 1 aromatic rings. The molecule has 0 spiro atoms.